The zero-order valence-corrected chi connectivity index (χ0v) is 12.1. The molecule has 0 unspecified atom stereocenters. The zero-order valence-electron chi connectivity index (χ0n) is 11.3. The van der Waals surface area contributed by atoms with E-state index < -0.39 is 5.97 Å². The number of amides is 1. The van der Waals surface area contributed by atoms with Gasteiger partial charge in [-0.1, -0.05) is 0 Å². The zero-order chi connectivity index (χ0) is 14.5. The third-order valence-corrected chi connectivity index (χ3v) is 3.53. The second kappa shape index (κ2) is 6.38. The summed E-state index contributed by atoms with van der Waals surface area (Å²) in [5, 5.41) is 2.74. The number of hydrogen-bond acceptors (Lipinski definition) is 5. The van der Waals surface area contributed by atoms with Gasteiger partial charge in [-0.2, -0.15) is 0 Å². The number of ether oxygens (including phenoxy) is 1. The Balaban J connectivity index is 1.91. The SMILES string of the molecule is CCOC(=O)c1ccc(CNC(=O)c2ccc(C)s2)o1. The van der Waals surface area contributed by atoms with Gasteiger partial charge in [-0.3, -0.25) is 4.79 Å². The van der Waals surface area contributed by atoms with E-state index in [1.54, 1.807) is 19.1 Å². The van der Waals surface area contributed by atoms with E-state index in [9.17, 15) is 9.59 Å². The van der Waals surface area contributed by atoms with E-state index in [0.717, 1.165) is 4.88 Å². The average Bonchev–Trinajstić information content (AvgIpc) is 3.05. The summed E-state index contributed by atoms with van der Waals surface area (Å²) in [4.78, 5) is 25.0. The average molecular weight is 293 g/mol. The van der Waals surface area contributed by atoms with E-state index in [4.69, 9.17) is 9.15 Å². The minimum atomic E-state index is -0.501. The summed E-state index contributed by atoms with van der Waals surface area (Å²) < 4.78 is 10.1. The fraction of sp³-hybridized carbons (Fsp3) is 0.286. The van der Waals surface area contributed by atoms with Gasteiger partial charge in [0.1, 0.15) is 5.76 Å². The van der Waals surface area contributed by atoms with Crippen molar-refractivity contribution in [2.45, 2.75) is 20.4 Å². The molecule has 0 spiro atoms. The Morgan fingerprint density at radius 3 is 2.75 bits per heavy atom. The molecule has 20 heavy (non-hydrogen) atoms. The van der Waals surface area contributed by atoms with Crippen LogP contribution in [0, 0.1) is 6.92 Å². The van der Waals surface area contributed by atoms with Crippen LogP contribution in [-0.4, -0.2) is 18.5 Å². The Morgan fingerprint density at radius 2 is 2.10 bits per heavy atom. The summed E-state index contributed by atoms with van der Waals surface area (Å²) in [7, 11) is 0. The lowest BCUT2D eigenvalue weighted by molar-refractivity contribution is 0.0488. The first-order valence-electron chi connectivity index (χ1n) is 6.20. The summed E-state index contributed by atoms with van der Waals surface area (Å²) in [6.07, 6.45) is 0. The Kier molecular flexibility index (Phi) is 4.57. The van der Waals surface area contributed by atoms with Gasteiger partial charge in [-0.05, 0) is 38.1 Å². The second-order valence-electron chi connectivity index (χ2n) is 4.08. The number of aryl methyl sites for hydroxylation is 1. The van der Waals surface area contributed by atoms with Crippen molar-refractivity contribution in [1.29, 1.82) is 0 Å². The van der Waals surface area contributed by atoms with E-state index in [0.29, 0.717) is 17.2 Å². The van der Waals surface area contributed by atoms with Crippen LogP contribution in [0.5, 0.6) is 0 Å². The highest BCUT2D eigenvalue weighted by atomic mass is 32.1. The molecular formula is C14H15NO4S. The van der Waals surface area contributed by atoms with Gasteiger partial charge in [0, 0.05) is 4.88 Å². The summed E-state index contributed by atoms with van der Waals surface area (Å²) in [5.74, 6) is -0.00566. The van der Waals surface area contributed by atoms with Crippen LogP contribution in [0.1, 0.15) is 37.8 Å². The number of carbonyl (C=O) groups excluding carboxylic acids is 2. The van der Waals surface area contributed by atoms with Crippen molar-refractivity contribution < 1.29 is 18.7 Å². The summed E-state index contributed by atoms with van der Waals surface area (Å²) in [5.41, 5.74) is 0. The lowest BCUT2D eigenvalue weighted by atomic mass is 10.4. The predicted molar refractivity (Wildman–Crippen MR) is 74.9 cm³/mol. The quantitative estimate of drug-likeness (QED) is 0.861. The number of esters is 1. The van der Waals surface area contributed by atoms with Crippen LogP contribution in [0.15, 0.2) is 28.7 Å². The molecule has 106 valence electrons. The van der Waals surface area contributed by atoms with Crippen LogP contribution in [0.3, 0.4) is 0 Å². The molecule has 2 heterocycles. The molecule has 0 aliphatic rings. The van der Waals surface area contributed by atoms with Gasteiger partial charge >= 0.3 is 5.97 Å². The fourth-order valence-corrected chi connectivity index (χ4v) is 2.38. The van der Waals surface area contributed by atoms with Crippen molar-refractivity contribution in [2.24, 2.45) is 0 Å². The third kappa shape index (κ3) is 3.48. The highest BCUT2D eigenvalue weighted by Crippen LogP contribution is 2.15. The first-order valence-corrected chi connectivity index (χ1v) is 7.02. The highest BCUT2D eigenvalue weighted by Gasteiger charge is 2.13. The predicted octanol–water partition coefficient (Wildman–Crippen LogP) is 2.76. The number of furan rings is 1. The maximum absolute atomic E-state index is 11.8. The molecule has 2 aromatic heterocycles. The number of carbonyl (C=O) groups is 2. The van der Waals surface area contributed by atoms with Crippen molar-refractivity contribution in [1.82, 2.24) is 5.32 Å². The normalized spacial score (nSPS) is 10.3. The van der Waals surface area contributed by atoms with Crippen LogP contribution in [0.2, 0.25) is 0 Å². The van der Waals surface area contributed by atoms with Gasteiger partial charge in [-0.25, -0.2) is 4.79 Å². The van der Waals surface area contributed by atoms with E-state index in [2.05, 4.69) is 5.32 Å². The lowest BCUT2D eigenvalue weighted by Gasteiger charge is -2.01. The monoisotopic (exact) mass is 293 g/mol. The largest absolute Gasteiger partial charge is 0.460 e. The topological polar surface area (TPSA) is 68.5 Å². The molecule has 2 rings (SSSR count). The van der Waals surface area contributed by atoms with Crippen LogP contribution in [0.25, 0.3) is 0 Å². The maximum Gasteiger partial charge on any atom is 0.374 e. The molecule has 0 atom stereocenters. The Hall–Kier alpha value is -2.08. The van der Waals surface area contributed by atoms with Gasteiger partial charge in [-0.15, -0.1) is 11.3 Å². The van der Waals surface area contributed by atoms with Gasteiger partial charge in [0.05, 0.1) is 18.0 Å². The molecule has 6 heteroatoms. The maximum atomic E-state index is 11.8. The first-order chi connectivity index (χ1) is 9.60. The standard InChI is InChI=1S/C14H15NO4S/c1-3-18-14(17)11-6-5-10(19-11)8-15-13(16)12-7-4-9(2)20-12/h4-7H,3,8H2,1-2H3,(H,15,16). The molecule has 0 aliphatic carbocycles. The number of rotatable bonds is 5. The minimum Gasteiger partial charge on any atom is -0.460 e. The van der Waals surface area contributed by atoms with Crippen LogP contribution in [-0.2, 0) is 11.3 Å². The molecule has 0 saturated heterocycles. The molecule has 1 amide bonds. The van der Waals surface area contributed by atoms with Gasteiger partial charge in [0.15, 0.2) is 0 Å². The van der Waals surface area contributed by atoms with Gasteiger partial charge in [0.25, 0.3) is 5.91 Å². The smallest absolute Gasteiger partial charge is 0.374 e. The van der Waals surface area contributed by atoms with Gasteiger partial charge < -0.3 is 14.5 Å². The summed E-state index contributed by atoms with van der Waals surface area (Å²) in [6.45, 7) is 4.20. The molecule has 0 aliphatic heterocycles. The van der Waals surface area contributed by atoms with E-state index in [-0.39, 0.29) is 18.2 Å². The molecule has 0 saturated carbocycles. The van der Waals surface area contributed by atoms with Crippen molar-refractivity contribution in [3.05, 3.63) is 45.5 Å². The van der Waals surface area contributed by atoms with Crippen LogP contribution < -0.4 is 5.32 Å². The fourth-order valence-electron chi connectivity index (χ4n) is 1.60. The molecule has 0 radical (unpaired) electrons. The molecule has 5 nitrogen and oxygen atoms in total. The Bertz CT molecular complexity index is 614. The molecule has 1 N–H and O–H groups in total. The summed E-state index contributed by atoms with van der Waals surface area (Å²) >= 11 is 1.43. The van der Waals surface area contributed by atoms with Crippen molar-refractivity contribution >= 4 is 23.2 Å². The second-order valence-corrected chi connectivity index (χ2v) is 5.37. The molecular weight excluding hydrogens is 278 g/mol. The Labute approximate surface area is 120 Å². The molecule has 2 aromatic rings. The molecule has 0 bridgehead atoms. The van der Waals surface area contributed by atoms with Crippen LogP contribution in [0.4, 0.5) is 0 Å². The Morgan fingerprint density at radius 1 is 1.30 bits per heavy atom. The number of hydrogen-bond donors (Lipinski definition) is 1. The summed E-state index contributed by atoms with van der Waals surface area (Å²) in [6, 6.07) is 6.85. The number of thiophene rings is 1. The highest BCUT2D eigenvalue weighted by molar-refractivity contribution is 7.13. The van der Waals surface area contributed by atoms with Gasteiger partial charge in [0.2, 0.25) is 5.76 Å². The van der Waals surface area contributed by atoms with E-state index >= 15 is 0 Å². The first kappa shape index (κ1) is 14.3. The third-order valence-electron chi connectivity index (χ3n) is 2.53. The van der Waals surface area contributed by atoms with Crippen molar-refractivity contribution in [3.8, 4) is 0 Å². The van der Waals surface area contributed by atoms with Crippen LogP contribution >= 0.6 is 11.3 Å². The lowest BCUT2D eigenvalue weighted by Crippen LogP contribution is -2.21. The van der Waals surface area contributed by atoms with Crippen molar-refractivity contribution in [3.63, 3.8) is 0 Å². The van der Waals surface area contributed by atoms with E-state index in [1.165, 1.54) is 17.4 Å². The van der Waals surface area contributed by atoms with Crippen molar-refractivity contribution in [2.75, 3.05) is 6.61 Å². The minimum absolute atomic E-state index is 0.142. The number of nitrogens with one attached hydrogen (secondary N) is 1. The van der Waals surface area contributed by atoms with E-state index in [1.807, 2.05) is 13.0 Å². The molecule has 0 fully saturated rings. The molecule has 0 aromatic carbocycles.